The fraction of sp³-hybridized carbons (Fsp3) is 0.227. The summed E-state index contributed by atoms with van der Waals surface area (Å²) < 4.78 is 0. The maximum Gasteiger partial charge on any atom is 0.255 e. The number of amides is 2. The van der Waals surface area contributed by atoms with E-state index in [0.717, 1.165) is 22.4 Å². The predicted molar refractivity (Wildman–Crippen MR) is 117 cm³/mol. The van der Waals surface area contributed by atoms with Gasteiger partial charge in [-0.25, -0.2) is 4.98 Å². The van der Waals surface area contributed by atoms with Gasteiger partial charge in [0, 0.05) is 50.7 Å². The van der Waals surface area contributed by atoms with E-state index in [0.29, 0.717) is 29.9 Å². The zero-order valence-corrected chi connectivity index (χ0v) is 16.7. The van der Waals surface area contributed by atoms with E-state index in [1.165, 1.54) is 0 Å². The van der Waals surface area contributed by atoms with Crippen molar-refractivity contribution in [1.29, 1.82) is 0 Å². The minimum atomic E-state index is -0.230. The van der Waals surface area contributed by atoms with Gasteiger partial charge in [-0.1, -0.05) is 0 Å². The van der Waals surface area contributed by atoms with Crippen LogP contribution in [0.1, 0.15) is 16.8 Å². The smallest absolute Gasteiger partial charge is 0.255 e. The number of nitrogens with zero attached hydrogens (tertiary/aromatic N) is 3. The molecule has 0 spiro atoms. The number of pyridine rings is 1. The fourth-order valence-corrected chi connectivity index (χ4v) is 3.36. The summed E-state index contributed by atoms with van der Waals surface area (Å²) in [6.45, 7) is 0.644. The minimum absolute atomic E-state index is 0.0488. The van der Waals surface area contributed by atoms with Crippen molar-refractivity contribution in [3.8, 4) is 0 Å². The molecule has 1 aliphatic heterocycles. The molecular formula is C22H23N5O2. The third kappa shape index (κ3) is 3.85. The number of fused-ring (bicyclic) bond motifs is 2. The fourth-order valence-electron chi connectivity index (χ4n) is 3.36. The maximum atomic E-state index is 12.8. The molecule has 2 N–H and O–H groups in total. The van der Waals surface area contributed by atoms with E-state index < -0.39 is 0 Å². The van der Waals surface area contributed by atoms with Crippen molar-refractivity contribution in [2.24, 2.45) is 0 Å². The number of aromatic nitrogens is 1. The van der Waals surface area contributed by atoms with Gasteiger partial charge in [0.05, 0.1) is 16.9 Å². The van der Waals surface area contributed by atoms with Gasteiger partial charge in [-0.2, -0.15) is 0 Å². The van der Waals surface area contributed by atoms with Gasteiger partial charge in [-0.15, -0.1) is 0 Å². The Kier molecular flexibility index (Phi) is 4.80. The van der Waals surface area contributed by atoms with Crippen molar-refractivity contribution in [1.82, 2.24) is 4.98 Å². The Balaban J connectivity index is 1.58. The van der Waals surface area contributed by atoms with Crippen molar-refractivity contribution in [3.63, 3.8) is 0 Å². The largest absolute Gasteiger partial charge is 0.372 e. The molecule has 7 heteroatoms. The quantitative estimate of drug-likeness (QED) is 0.718. The van der Waals surface area contributed by atoms with Crippen molar-refractivity contribution in [3.05, 3.63) is 54.1 Å². The van der Waals surface area contributed by atoms with Crippen molar-refractivity contribution in [2.45, 2.75) is 6.42 Å². The Morgan fingerprint density at radius 3 is 2.76 bits per heavy atom. The molecular weight excluding hydrogens is 366 g/mol. The number of anilines is 4. The molecule has 0 unspecified atom stereocenters. The monoisotopic (exact) mass is 389 g/mol. The van der Waals surface area contributed by atoms with Gasteiger partial charge >= 0.3 is 0 Å². The van der Waals surface area contributed by atoms with Crippen molar-refractivity contribution >= 4 is 45.6 Å². The van der Waals surface area contributed by atoms with Crippen molar-refractivity contribution in [2.75, 3.05) is 48.1 Å². The third-order valence-electron chi connectivity index (χ3n) is 5.01. The van der Waals surface area contributed by atoms with Gasteiger partial charge in [0.2, 0.25) is 5.91 Å². The number of hydrogen-bond donors (Lipinski definition) is 2. The van der Waals surface area contributed by atoms with Gasteiger partial charge in [0.15, 0.2) is 0 Å². The van der Waals surface area contributed by atoms with E-state index in [9.17, 15) is 9.59 Å². The number of benzene rings is 2. The molecule has 0 atom stereocenters. The number of hydrogen-bond acceptors (Lipinski definition) is 5. The van der Waals surface area contributed by atoms with Crippen LogP contribution in [0.15, 0.2) is 48.5 Å². The zero-order valence-electron chi connectivity index (χ0n) is 16.7. The zero-order chi connectivity index (χ0) is 20.5. The SMILES string of the molecule is CN(C)c1ccc2cc(NC(=O)c3ccc4c(c3)NC(=O)CCN4C)ccc2n1. The number of nitrogens with one attached hydrogen (secondary N) is 2. The highest BCUT2D eigenvalue weighted by Crippen LogP contribution is 2.29. The number of carbonyl (C=O) groups is 2. The highest BCUT2D eigenvalue weighted by atomic mass is 16.2. The van der Waals surface area contributed by atoms with E-state index in [-0.39, 0.29) is 11.8 Å². The van der Waals surface area contributed by atoms with Crippen LogP contribution in [0, 0.1) is 0 Å². The molecule has 0 radical (unpaired) electrons. The molecule has 0 fully saturated rings. The molecule has 7 nitrogen and oxygen atoms in total. The molecule has 0 saturated heterocycles. The number of carbonyl (C=O) groups excluding carboxylic acids is 2. The molecule has 29 heavy (non-hydrogen) atoms. The van der Waals surface area contributed by atoms with E-state index in [2.05, 4.69) is 15.6 Å². The second-order valence-electron chi connectivity index (χ2n) is 7.38. The lowest BCUT2D eigenvalue weighted by Gasteiger charge is -2.18. The molecule has 3 aromatic rings. The molecule has 1 aromatic heterocycles. The molecule has 0 aliphatic carbocycles. The lowest BCUT2D eigenvalue weighted by atomic mass is 10.1. The average molecular weight is 389 g/mol. The molecule has 1 aliphatic rings. The van der Waals surface area contributed by atoms with Gasteiger partial charge < -0.3 is 20.4 Å². The summed E-state index contributed by atoms with van der Waals surface area (Å²) >= 11 is 0. The molecule has 4 rings (SSSR count). The lowest BCUT2D eigenvalue weighted by Crippen LogP contribution is -2.18. The standard InChI is InChI=1S/C22H23N5O2/c1-26(2)20-9-5-14-12-16(6-7-17(14)24-20)23-22(29)15-4-8-19-18(13-15)25-21(28)10-11-27(19)3/h4-9,12-13H,10-11H2,1-3H3,(H,23,29)(H,25,28). The minimum Gasteiger partial charge on any atom is -0.372 e. The molecule has 0 saturated carbocycles. The summed E-state index contributed by atoms with van der Waals surface area (Å²) in [4.78, 5) is 33.2. The third-order valence-corrected chi connectivity index (χ3v) is 5.01. The summed E-state index contributed by atoms with van der Waals surface area (Å²) in [5.74, 6) is 0.602. The van der Waals surface area contributed by atoms with Gasteiger partial charge in [-0.3, -0.25) is 9.59 Å². The Morgan fingerprint density at radius 1 is 1.14 bits per heavy atom. The Labute approximate surface area is 169 Å². The summed E-state index contributed by atoms with van der Waals surface area (Å²) in [5.41, 5.74) is 3.60. The molecule has 148 valence electrons. The van der Waals surface area contributed by atoms with Crippen LogP contribution in [0.4, 0.5) is 22.9 Å². The van der Waals surface area contributed by atoms with E-state index in [4.69, 9.17) is 0 Å². The van der Waals surface area contributed by atoms with Gasteiger partial charge in [0.1, 0.15) is 5.82 Å². The van der Waals surface area contributed by atoms with E-state index >= 15 is 0 Å². The average Bonchev–Trinajstić information content (AvgIpc) is 2.85. The predicted octanol–water partition coefficient (Wildman–Crippen LogP) is 3.33. The molecule has 2 amide bonds. The van der Waals surface area contributed by atoms with Crippen LogP contribution in [-0.2, 0) is 4.79 Å². The first-order valence-electron chi connectivity index (χ1n) is 9.45. The lowest BCUT2D eigenvalue weighted by molar-refractivity contribution is -0.115. The Morgan fingerprint density at radius 2 is 1.97 bits per heavy atom. The second-order valence-corrected chi connectivity index (χ2v) is 7.38. The van der Waals surface area contributed by atoms with Crippen LogP contribution in [0.25, 0.3) is 10.9 Å². The van der Waals surface area contributed by atoms with Crippen LogP contribution >= 0.6 is 0 Å². The van der Waals surface area contributed by atoms with E-state index in [1.54, 1.807) is 12.1 Å². The molecule has 2 heterocycles. The van der Waals surface area contributed by atoms with Crippen LogP contribution in [0.3, 0.4) is 0 Å². The number of rotatable bonds is 3. The van der Waals surface area contributed by atoms with Crippen LogP contribution in [0.2, 0.25) is 0 Å². The summed E-state index contributed by atoms with van der Waals surface area (Å²) in [5, 5.41) is 6.76. The summed E-state index contributed by atoms with van der Waals surface area (Å²) in [6.07, 6.45) is 0.424. The Hall–Kier alpha value is -3.61. The highest BCUT2D eigenvalue weighted by Gasteiger charge is 2.18. The molecule has 2 aromatic carbocycles. The Bertz CT molecular complexity index is 1110. The maximum absolute atomic E-state index is 12.8. The summed E-state index contributed by atoms with van der Waals surface area (Å²) in [7, 11) is 5.83. The van der Waals surface area contributed by atoms with Crippen LogP contribution in [0.5, 0.6) is 0 Å². The molecule has 0 bridgehead atoms. The van der Waals surface area contributed by atoms with E-state index in [1.807, 2.05) is 67.3 Å². The first-order chi connectivity index (χ1) is 13.9. The first kappa shape index (κ1) is 18.7. The van der Waals surface area contributed by atoms with Gasteiger partial charge in [0.25, 0.3) is 5.91 Å². The van der Waals surface area contributed by atoms with Crippen molar-refractivity contribution < 1.29 is 9.59 Å². The normalized spacial score (nSPS) is 13.5. The first-order valence-corrected chi connectivity index (χ1v) is 9.45. The highest BCUT2D eigenvalue weighted by molar-refractivity contribution is 6.07. The second kappa shape index (κ2) is 7.43. The van der Waals surface area contributed by atoms with Gasteiger partial charge in [-0.05, 0) is 48.5 Å². The summed E-state index contributed by atoms with van der Waals surface area (Å²) in [6, 6.07) is 14.9. The van der Waals surface area contributed by atoms with Crippen LogP contribution in [-0.4, -0.2) is 44.5 Å². The van der Waals surface area contributed by atoms with Crippen LogP contribution < -0.4 is 20.4 Å². The topological polar surface area (TPSA) is 77.6 Å².